The molecule has 0 atom stereocenters. The quantitative estimate of drug-likeness (QED) is 0.592. The second-order valence-electron chi connectivity index (χ2n) is 5.88. The van der Waals surface area contributed by atoms with Crippen molar-refractivity contribution >= 4 is 28.9 Å². The van der Waals surface area contributed by atoms with Crippen molar-refractivity contribution in [3.8, 4) is 17.0 Å². The van der Waals surface area contributed by atoms with E-state index in [1.165, 1.54) is 11.3 Å². The molecule has 3 aromatic rings. The van der Waals surface area contributed by atoms with Gasteiger partial charge in [0, 0.05) is 22.4 Å². The summed E-state index contributed by atoms with van der Waals surface area (Å²) in [5.74, 6) is -0.0427. The number of aromatic nitrogens is 1. The molecule has 26 heavy (non-hydrogen) atoms. The molecule has 0 aliphatic heterocycles. The number of thiazole rings is 1. The maximum Gasteiger partial charge on any atom is 0.303 e. The second kappa shape index (κ2) is 8.34. The Morgan fingerprint density at radius 3 is 2.81 bits per heavy atom. The van der Waals surface area contributed by atoms with Crippen molar-refractivity contribution in [1.29, 1.82) is 0 Å². The van der Waals surface area contributed by atoms with Gasteiger partial charge in [-0.05, 0) is 42.7 Å². The van der Waals surface area contributed by atoms with Crippen molar-refractivity contribution < 1.29 is 14.6 Å². The average molecular weight is 388 g/mol. The number of halogens is 1. The van der Waals surface area contributed by atoms with Gasteiger partial charge in [-0.15, -0.1) is 11.3 Å². The van der Waals surface area contributed by atoms with E-state index in [1.807, 2.05) is 54.8 Å². The minimum absolute atomic E-state index is 0.130. The van der Waals surface area contributed by atoms with Gasteiger partial charge in [0.2, 0.25) is 0 Å². The lowest BCUT2D eigenvalue weighted by Crippen LogP contribution is -2.00. The number of carboxylic acids is 1. The zero-order chi connectivity index (χ0) is 18.5. The van der Waals surface area contributed by atoms with Gasteiger partial charge in [0.1, 0.15) is 17.4 Å². The number of aryl methyl sites for hydroxylation is 2. The van der Waals surface area contributed by atoms with Crippen LogP contribution in [-0.2, 0) is 17.8 Å². The molecule has 3 rings (SSSR count). The number of carbonyl (C=O) groups is 1. The third-order valence-electron chi connectivity index (χ3n) is 3.99. The van der Waals surface area contributed by atoms with Crippen LogP contribution in [0.5, 0.6) is 5.75 Å². The van der Waals surface area contributed by atoms with Gasteiger partial charge in [-0.25, -0.2) is 4.98 Å². The molecular weight excluding hydrogens is 370 g/mol. The Bertz CT molecular complexity index is 923. The molecular formula is C20H18ClNO3S. The van der Waals surface area contributed by atoms with Gasteiger partial charge in [-0.2, -0.15) is 0 Å². The summed E-state index contributed by atoms with van der Waals surface area (Å²) in [6, 6.07) is 13.3. The second-order valence-corrected chi connectivity index (χ2v) is 7.23. The molecule has 0 bridgehead atoms. The number of ether oxygens (including phenoxy) is 1. The van der Waals surface area contributed by atoms with Crippen LogP contribution >= 0.6 is 22.9 Å². The van der Waals surface area contributed by atoms with E-state index in [4.69, 9.17) is 21.4 Å². The maximum absolute atomic E-state index is 10.7. The molecule has 0 radical (unpaired) electrons. The summed E-state index contributed by atoms with van der Waals surface area (Å²) in [6.45, 7) is 2.34. The van der Waals surface area contributed by atoms with Crippen LogP contribution in [0.25, 0.3) is 11.3 Å². The molecule has 0 fully saturated rings. The van der Waals surface area contributed by atoms with Crippen LogP contribution in [0.2, 0.25) is 5.02 Å². The lowest BCUT2D eigenvalue weighted by atomic mass is 10.0. The van der Waals surface area contributed by atoms with E-state index in [0.717, 1.165) is 33.1 Å². The van der Waals surface area contributed by atoms with Crippen LogP contribution in [0, 0.1) is 6.92 Å². The molecule has 1 aromatic heterocycles. The van der Waals surface area contributed by atoms with E-state index in [0.29, 0.717) is 18.1 Å². The van der Waals surface area contributed by atoms with E-state index in [9.17, 15) is 4.79 Å². The Morgan fingerprint density at radius 1 is 1.27 bits per heavy atom. The highest BCUT2D eigenvalue weighted by molar-refractivity contribution is 7.09. The summed E-state index contributed by atoms with van der Waals surface area (Å²) < 4.78 is 5.83. The van der Waals surface area contributed by atoms with Crippen molar-refractivity contribution in [3.05, 3.63) is 69.0 Å². The molecule has 6 heteroatoms. The van der Waals surface area contributed by atoms with Crippen LogP contribution in [0.3, 0.4) is 0 Å². The Hall–Kier alpha value is -2.37. The summed E-state index contributed by atoms with van der Waals surface area (Å²) in [6.07, 6.45) is 0.653. The first-order chi connectivity index (χ1) is 12.5. The van der Waals surface area contributed by atoms with E-state index >= 15 is 0 Å². The van der Waals surface area contributed by atoms with Crippen LogP contribution in [0.15, 0.2) is 47.8 Å². The normalized spacial score (nSPS) is 10.7. The Labute approximate surface area is 161 Å². The Morgan fingerprint density at radius 2 is 2.08 bits per heavy atom. The topological polar surface area (TPSA) is 59.4 Å². The highest BCUT2D eigenvalue weighted by Gasteiger charge is 2.09. The number of benzene rings is 2. The van der Waals surface area contributed by atoms with E-state index in [2.05, 4.69) is 4.98 Å². The van der Waals surface area contributed by atoms with Crippen molar-refractivity contribution in [2.24, 2.45) is 0 Å². The zero-order valence-electron chi connectivity index (χ0n) is 14.2. The van der Waals surface area contributed by atoms with Gasteiger partial charge in [0.05, 0.1) is 5.69 Å². The van der Waals surface area contributed by atoms with Crippen molar-refractivity contribution in [2.75, 3.05) is 0 Å². The van der Waals surface area contributed by atoms with Gasteiger partial charge >= 0.3 is 5.97 Å². The minimum Gasteiger partial charge on any atom is -0.486 e. The molecule has 0 unspecified atom stereocenters. The van der Waals surface area contributed by atoms with Crippen LogP contribution in [0.1, 0.15) is 22.6 Å². The van der Waals surface area contributed by atoms with E-state index in [-0.39, 0.29) is 6.42 Å². The van der Waals surface area contributed by atoms with Crippen LogP contribution in [0.4, 0.5) is 0 Å². The van der Waals surface area contributed by atoms with Gasteiger partial charge in [0.15, 0.2) is 0 Å². The molecule has 0 spiro atoms. The number of aliphatic carboxylic acids is 1. The van der Waals surface area contributed by atoms with E-state index in [1.54, 1.807) is 0 Å². The first-order valence-corrected chi connectivity index (χ1v) is 9.42. The highest BCUT2D eigenvalue weighted by Crippen LogP contribution is 2.29. The molecule has 2 aromatic carbocycles. The monoisotopic (exact) mass is 387 g/mol. The lowest BCUT2D eigenvalue weighted by Gasteiger charge is -2.09. The number of hydrogen-bond donors (Lipinski definition) is 1. The van der Waals surface area contributed by atoms with Gasteiger partial charge in [-0.1, -0.05) is 35.9 Å². The van der Waals surface area contributed by atoms with Gasteiger partial charge in [-0.3, -0.25) is 4.79 Å². The molecule has 0 saturated heterocycles. The predicted octanol–water partition coefficient (Wildman–Crippen LogP) is 5.37. The average Bonchev–Trinajstić information content (AvgIpc) is 3.08. The molecule has 1 heterocycles. The largest absolute Gasteiger partial charge is 0.486 e. The lowest BCUT2D eigenvalue weighted by molar-refractivity contribution is -0.136. The first-order valence-electron chi connectivity index (χ1n) is 8.16. The zero-order valence-corrected chi connectivity index (χ0v) is 15.8. The Kier molecular flexibility index (Phi) is 5.91. The van der Waals surface area contributed by atoms with Crippen molar-refractivity contribution in [1.82, 2.24) is 4.98 Å². The fraction of sp³-hybridized carbons (Fsp3) is 0.200. The molecule has 0 saturated carbocycles. The van der Waals surface area contributed by atoms with Gasteiger partial charge in [0.25, 0.3) is 0 Å². The number of nitrogens with zero attached hydrogens (tertiary/aromatic N) is 1. The Balaban J connectivity index is 1.64. The molecule has 1 N–H and O–H groups in total. The van der Waals surface area contributed by atoms with Crippen molar-refractivity contribution in [3.63, 3.8) is 0 Å². The van der Waals surface area contributed by atoms with Crippen LogP contribution < -0.4 is 4.74 Å². The van der Waals surface area contributed by atoms with Gasteiger partial charge < -0.3 is 9.84 Å². The summed E-state index contributed by atoms with van der Waals surface area (Å²) in [4.78, 5) is 15.3. The maximum atomic E-state index is 10.7. The number of hydrogen-bond acceptors (Lipinski definition) is 4. The molecule has 4 nitrogen and oxygen atoms in total. The standard InChI is InChI=1S/C20H18ClNO3S/c1-13-10-15(8-6-14(13)7-9-20(23)24)25-11-19-22-18(12-26-19)16-4-2-3-5-17(16)21/h2-6,8,10,12H,7,9,11H2,1H3,(H,23,24). The van der Waals surface area contributed by atoms with Crippen LogP contribution in [-0.4, -0.2) is 16.1 Å². The fourth-order valence-corrected chi connectivity index (χ4v) is 3.53. The molecule has 0 aliphatic rings. The summed E-state index contributed by atoms with van der Waals surface area (Å²) in [7, 11) is 0. The fourth-order valence-electron chi connectivity index (χ4n) is 2.60. The summed E-state index contributed by atoms with van der Waals surface area (Å²) in [5, 5.41) is 12.3. The molecule has 0 amide bonds. The third kappa shape index (κ3) is 4.62. The highest BCUT2D eigenvalue weighted by atomic mass is 35.5. The SMILES string of the molecule is Cc1cc(OCc2nc(-c3ccccc3Cl)cs2)ccc1CCC(=O)O. The van der Waals surface area contributed by atoms with E-state index < -0.39 is 5.97 Å². The smallest absolute Gasteiger partial charge is 0.303 e. The summed E-state index contributed by atoms with van der Waals surface area (Å²) >= 11 is 7.75. The number of carboxylic acid groups (broad SMARTS) is 1. The first kappa shape index (κ1) is 18.4. The minimum atomic E-state index is -0.789. The van der Waals surface area contributed by atoms with Crippen molar-refractivity contribution in [2.45, 2.75) is 26.4 Å². The predicted molar refractivity (Wildman–Crippen MR) is 104 cm³/mol. The molecule has 134 valence electrons. The third-order valence-corrected chi connectivity index (χ3v) is 5.14. The molecule has 0 aliphatic carbocycles. The summed E-state index contributed by atoms with van der Waals surface area (Å²) in [5.41, 5.74) is 3.81. The number of rotatable bonds is 7.